The summed E-state index contributed by atoms with van der Waals surface area (Å²) in [6.07, 6.45) is 7.93. The lowest BCUT2D eigenvalue weighted by Gasteiger charge is -2.33. The predicted octanol–water partition coefficient (Wildman–Crippen LogP) is 2.60. The van der Waals surface area contributed by atoms with Crippen LogP contribution in [-0.4, -0.2) is 24.9 Å². The Morgan fingerprint density at radius 1 is 1.29 bits per heavy atom. The Hall–Kier alpha value is -0.0800. The second-order valence-electron chi connectivity index (χ2n) is 4.45. The van der Waals surface area contributed by atoms with Crippen molar-refractivity contribution in [2.24, 2.45) is 11.8 Å². The Morgan fingerprint density at radius 2 is 1.93 bits per heavy atom. The van der Waals surface area contributed by atoms with Crippen LogP contribution in [0.4, 0.5) is 0 Å². The Balaban J connectivity index is 2.49. The molecule has 0 aromatic rings. The molecule has 0 spiro atoms. The molecule has 2 heteroatoms. The van der Waals surface area contributed by atoms with Gasteiger partial charge in [0.15, 0.2) is 0 Å². The van der Waals surface area contributed by atoms with E-state index in [1.165, 1.54) is 32.1 Å². The molecule has 1 N–H and O–H groups in total. The summed E-state index contributed by atoms with van der Waals surface area (Å²) in [5.74, 6) is 1.02. The summed E-state index contributed by atoms with van der Waals surface area (Å²) < 4.78 is 5.57. The number of aliphatic hydroxyl groups excluding tert-OH is 1. The van der Waals surface area contributed by atoms with E-state index in [9.17, 15) is 5.11 Å². The van der Waals surface area contributed by atoms with E-state index in [0.29, 0.717) is 11.8 Å². The number of hydrogen-bond donors (Lipinski definition) is 1. The van der Waals surface area contributed by atoms with E-state index >= 15 is 0 Å². The third kappa shape index (κ3) is 2.96. The quantitative estimate of drug-likeness (QED) is 0.739. The van der Waals surface area contributed by atoms with E-state index in [-0.39, 0.29) is 12.7 Å². The normalized spacial score (nSPS) is 23.4. The van der Waals surface area contributed by atoms with E-state index in [4.69, 9.17) is 4.74 Å². The number of methoxy groups -OCH3 is 1. The van der Waals surface area contributed by atoms with Crippen LogP contribution in [0, 0.1) is 11.8 Å². The number of hydrogen-bond acceptors (Lipinski definition) is 2. The van der Waals surface area contributed by atoms with Gasteiger partial charge in [0.1, 0.15) is 0 Å². The van der Waals surface area contributed by atoms with Crippen molar-refractivity contribution >= 4 is 0 Å². The van der Waals surface area contributed by atoms with Crippen molar-refractivity contribution in [3.63, 3.8) is 0 Å². The topological polar surface area (TPSA) is 29.5 Å². The number of ether oxygens (including phenoxy) is 1. The zero-order valence-corrected chi connectivity index (χ0v) is 9.54. The number of aliphatic hydroxyl groups is 1. The van der Waals surface area contributed by atoms with E-state index in [1.807, 2.05) is 0 Å². The molecule has 1 saturated carbocycles. The van der Waals surface area contributed by atoms with Crippen LogP contribution in [0.25, 0.3) is 0 Å². The van der Waals surface area contributed by atoms with Crippen LogP contribution < -0.4 is 0 Å². The highest BCUT2D eigenvalue weighted by molar-refractivity contribution is 4.79. The molecule has 2 atom stereocenters. The van der Waals surface area contributed by atoms with E-state index in [0.717, 1.165) is 6.42 Å². The second-order valence-corrected chi connectivity index (χ2v) is 4.45. The molecule has 14 heavy (non-hydrogen) atoms. The van der Waals surface area contributed by atoms with Crippen molar-refractivity contribution in [2.75, 3.05) is 13.7 Å². The Morgan fingerprint density at radius 3 is 2.36 bits per heavy atom. The smallest absolute Gasteiger partial charge is 0.0649 e. The predicted molar refractivity (Wildman–Crippen MR) is 58.2 cm³/mol. The SMILES string of the molecule is CC[C@@H](CO)[C@H](OC)C1CCCCC1. The minimum absolute atomic E-state index is 0.269. The van der Waals surface area contributed by atoms with Crippen molar-refractivity contribution < 1.29 is 9.84 Å². The standard InChI is InChI=1S/C12H24O2/c1-3-10(9-13)12(14-2)11-7-5-4-6-8-11/h10-13H,3-9H2,1-2H3/t10-,12-/m0/s1. The van der Waals surface area contributed by atoms with Crippen LogP contribution >= 0.6 is 0 Å². The first-order valence-corrected chi connectivity index (χ1v) is 5.97. The molecule has 0 aromatic heterocycles. The Bertz CT molecular complexity index is 137. The van der Waals surface area contributed by atoms with Crippen molar-refractivity contribution in [1.29, 1.82) is 0 Å². The van der Waals surface area contributed by atoms with Gasteiger partial charge in [-0.05, 0) is 25.2 Å². The molecule has 0 radical (unpaired) electrons. The van der Waals surface area contributed by atoms with Crippen LogP contribution in [0.2, 0.25) is 0 Å². The molecule has 0 aromatic carbocycles. The maximum atomic E-state index is 9.28. The first kappa shape index (κ1) is 12.0. The zero-order valence-electron chi connectivity index (χ0n) is 9.54. The first-order valence-electron chi connectivity index (χ1n) is 5.97. The maximum Gasteiger partial charge on any atom is 0.0649 e. The summed E-state index contributed by atoms with van der Waals surface area (Å²) in [7, 11) is 1.79. The van der Waals surface area contributed by atoms with Gasteiger partial charge < -0.3 is 9.84 Å². The van der Waals surface area contributed by atoms with Gasteiger partial charge in [-0.2, -0.15) is 0 Å². The van der Waals surface area contributed by atoms with Gasteiger partial charge in [0, 0.05) is 19.6 Å². The van der Waals surface area contributed by atoms with Gasteiger partial charge in [-0.25, -0.2) is 0 Å². The average Bonchev–Trinajstić information content (AvgIpc) is 2.27. The largest absolute Gasteiger partial charge is 0.396 e. The molecule has 0 saturated heterocycles. The van der Waals surface area contributed by atoms with Gasteiger partial charge in [0.25, 0.3) is 0 Å². The average molecular weight is 200 g/mol. The van der Waals surface area contributed by atoms with Crippen LogP contribution in [0.15, 0.2) is 0 Å². The molecule has 1 rings (SSSR count). The van der Waals surface area contributed by atoms with E-state index in [1.54, 1.807) is 7.11 Å². The van der Waals surface area contributed by atoms with Gasteiger partial charge in [-0.3, -0.25) is 0 Å². The fraction of sp³-hybridized carbons (Fsp3) is 1.00. The summed E-state index contributed by atoms with van der Waals surface area (Å²) in [4.78, 5) is 0. The van der Waals surface area contributed by atoms with Crippen LogP contribution in [0.5, 0.6) is 0 Å². The fourth-order valence-electron chi connectivity index (χ4n) is 2.70. The van der Waals surface area contributed by atoms with Crippen molar-refractivity contribution in [1.82, 2.24) is 0 Å². The fourth-order valence-corrected chi connectivity index (χ4v) is 2.70. The van der Waals surface area contributed by atoms with Gasteiger partial charge in [-0.1, -0.05) is 26.2 Å². The van der Waals surface area contributed by atoms with Crippen LogP contribution in [0.3, 0.4) is 0 Å². The van der Waals surface area contributed by atoms with Crippen molar-refractivity contribution in [2.45, 2.75) is 51.6 Å². The van der Waals surface area contributed by atoms with Gasteiger partial charge >= 0.3 is 0 Å². The first-order chi connectivity index (χ1) is 6.83. The lowest BCUT2D eigenvalue weighted by atomic mass is 9.80. The Labute approximate surface area is 87.7 Å². The van der Waals surface area contributed by atoms with Crippen molar-refractivity contribution in [3.05, 3.63) is 0 Å². The molecular weight excluding hydrogens is 176 g/mol. The summed E-state index contributed by atoms with van der Waals surface area (Å²) in [5, 5.41) is 9.28. The molecule has 1 aliphatic rings. The molecule has 1 fully saturated rings. The van der Waals surface area contributed by atoms with Gasteiger partial charge in [0.2, 0.25) is 0 Å². The molecule has 0 heterocycles. The molecule has 84 valence electrons. The summed E-state index contributed by atoms with van der Waals surface area (Å²) in [5.41, 5.74) is 0. The van der Waals surface area contributed by atoms with E-state index < -0.39 is 0 Å². The highest BCUT2D eigenvalue weighted by Crippen LogP contribution is 2.31. The molecule has 0 unspecified atom stereocenters. The lowest BCUT2D eigenvalue weighted by molar-refractivity contribution is -0.0255. The molecule has 0 bridgehead atoms. The lowest BCUT2D eigenvalue weighted by Crippen LogP contribution is -2.34. The minimum atomic E-state index is 0.269. The van der Waals surface area contributed by atoms with Crippen LogP contribution in [0.1, 0.15) is 45.4 Å². The molecular formula is C12H24O2. The maximum absolute atomic E-state index is 9.28. The van der Waals surface area contributed by atoms with Crippen molar-refractivity contribution in [3.8, 4) is 0 Å². The summed E-state index contributed by atoms with van der Waals surface area (Å²) in [6.45, 7) is 2.40. The molecule has 2 nitrogen and oxygen atoms in total. The number of rotatable bonds is 5. The highest BCUT2D eigenvalue weighted by Gasteiger charge is 2.28. The third-order valence-electron chi connectivity index (χ3n) is 3.61. The monoisotopic (exact) mass is 200 g/mol. The zero-order chi connectivity index (χ0) is 10.4. The molecule has 0 aliphatic heterocycles. The van der Waals surface area contributed by atoms with E-state index in [2.05, 4.69) is 6.92 Å². The van der Waals surface area contributed by atoms with Crippen LogP contribution in [-0.2, 0) is 4.74 Å². The third-order valence-corrected chi connectivity index (χ3v) is 3.61. The molecule has 0 amide bonds. The minimum Gasteiger partial charge on any atom is -0.396 e. The van der Waals surface area contributed by atoms with Gasteiger partial charge in [0.05, 0.1) is 6.10 Å². The highest BCUT2D eigenvalue weighted by atomic mass is 16.5. The summed E-state index contributed by atoms with van der Waals surface area (Å²) in [6, 6.07) is 0. The summed E-state index contributed by atoms with van der Waals surface area (Å²) >= 11 is 0. The van der Waals surface area contributed by atoms with Gasteiger partial charge in [-0.15, -0.1) is 0 Å². The second kappa shape index (κ2) is 6.41. The molecule has 1 aliphatic carbocycles. The Kier molecular flexibility index (Phi) is 5.49.